The molecule has 1 heterocycles. The van der Waals surface area contributed by atoms with Crippen LogP contribution in [0.1, 0.15) is 16.8 Å². The summed E-state index contributed by atoms with van der Waals surface area (Å²) in [7, 11) is 1.61. The van der Waals surface area contributed by atoms with Crippen molar-refractivity contribution in [2.45, 2.75) is 18.6 Å². The van der Waals surface area contributed by atoms with E-state index in [1.54, 1.807) is 25.3 Å². The van der Waals surface area contributed by atoms with Gasteiger partial charge >= 0.3 is 0 Å². The number of methoxy groups -OCH3 is 1. The van der Waals surface area contributed by atoms with Crippen molar-refractivity contribution in [2.24, 2.45) is 0 Å². The molecule has 1 saturated heterocycles. The molecule has 2 atom stereocenters. The van der Waals surface area contributed by atoms with Crippen LogP contribution in [0.15, 0.2) is 18.2 Å². The largest absolute Gasteiger partial charge is 0.379 e. The zero-order valence-corrected chi connectivity index (χ0v) is 12.0. The highest BCUT2D eigenvalue weighted by Gasteiger charge is 2.27. The van der Waals surface area contributed by atoms with E-state index >= 15 is 0 Å². The molecule has 4 nitrogen and oxygen atoms in total. The second-order valence-electron chi connectivity index (χ2n) is 4.35. The van der Waals surface area contributed by atoms with Gasteiger partial charge < -0.3 is 14.8 Å². The molecule has 0 unspecified atom stereocenters. The van der Waals surface area contributed by atoms with Gasteiger partial charge in [-0.25, -0.2) is 0 Å². The average molecular weight is 304 g/mol. The summed E-state index contributed by atoms with van der Waals surface area (Å²) in [6, 6.07) is 4.75. The van der Waals surface area contributed by atoms with Gasteiger partial charge in [0.1, 0.15) is 6.10 Å². The number of hydrogen-bond acceptors (Lipinski definition) is 3. The van der Waals surface area contributed by atoms with Gasteiger partial charge in [0.15, 0.2) is 0 Å². The van der Waals surface area contributed by atoms with E-state index in [0.717, 1.165) is 6.42 Å². The van der Waals surface area contributed by atoms with Crippen molar-refractivity contribution in [3.05, 3.63) is 33.8 Å². The summed E-state index contributed by atoms with van der Waals surface area (Å²) < 4.78 is 10.6. The highest BCUT2D eigenvalue weighted by molar-refractivity contribution is 6.42. The number of halogens is 2. The fourth-order valence-electron chi connectivity index (χ4n) is 2.00. The molecule has 1 aromatic carbocycles. The number of benzene rings is 1. The van der Waals surface area contributed by atoms with Gasteiger partial charge in [0.05, 0.1) is 22.7 Å². The molecule has 2 rings (SSSR count). The molecule has 0 bridgehead atoms. The van der Waals surface area contributed by atoms with Gasteiger partial charge in [0, 0.05) is 19.3 Å². The molecule has 0 aromatic heterocycles. The molecule has 1 aliphatic rings. The molecule has 0 spiro atoms. The first-order valence-corrected chi connectivity index (χ1v) is 6.74. The lowest BCUT2D eigenvalue weighted by Crippen LogP contribution is -2.49. The van der Waals surface area contributed by atoms with Gasteiger partial charge in [-0.15, -0.1) is 0 Å². The minimum atomic E-state index is -0.187. The number of nitrogens with one attached hydrogen (secondary N) is 1. The lowest BCUT2D eigenvalue weighted by Gasteiger charge is -2.31. The Bertz CT molecular complexity index is 467. The number of rotatable bonds is 3. The normalized spacial score (nSPS) is 23.1. The Morgan fingerprint density at radius 1 is 1.42 bits per heavy atom. The summed E-state index contributed by atoms with van der Waals surface area (Å²) in [5.74, 6) is -0.187. The lowest BCUT2D eigenvalue weighted by atomic mass is 10.1. The number of ether oxygens (including phenoxy) is 2. The molecule has 0 saturated carbocycles. The van der Waals surface area contributed by atoms with Crippen LogP contribution in [0.4, 0.5) is 0 Å². The molecule has 0 radical (unpaired) electrons. The van der Waals surface area contributed by atoms with E-state index in [1.165, 1.54) is 0 Å². The smallest absolute Gasteiger partial charge is 0.251 e. The van der Waals surface area contributed by atoms with E-state index in [1.807, 2.05) is 0 Å². The highest BCUT2D eigenvalue weighted by atomic mass is 35.5. The fourth-order valence-corrected chi connectivity index (χ4v) is 2.30. The molecule has 1 fully saturated rings. The van der Waals surface area contributed by atoms with Crippen molar-refractivity contribution in [2.75, 3.05) is 20.3 Å². The maximum atomic E-state index is 12.1. The van der Waals surface area contributed by atoms with E-state index in [0.29, 0.717) is 28.8 Å². The zero-order chi connectivity index (χ0) is 13.8. The third-order valence-corrected chi connectivity index (χ3v) is 3.84. The van der Waals surface area contributed by atoms with E-state index < -0.39 is 0 Å². The van der Waals surface area contributed by atoms with Crippen LogP contribution >= 0.6 is 23.2 Å². The van der Waals surface area contributed by atoms with Crippen LogP contribution in [-0.4, -0.2) is 38.4 Å². The van der Waals surface area contributed by atoms with Crippen LogP contribution < -0.4 is 5.32 Å². The highest BCUT2D eigenvalue weighted by Crippen LogP contribution is 2.22. The van der Waals surface area contributed by atoms with Crippen LogP contribution in [0.2, 0.25) is 10.0 Å². The van der Waals surface area contributed by atoms with Crippen molar-refractivity contribution < 1.29 is 14.3 Å². The molecular formula is C13H15Cl2NO3. The monoisotopic (exact) mass is 303 g/mol. The Hall–Kier alpha value is -0.810. The Kier molecular flexibility index (Phi) is 5.05. The van der Waals surface area contributed by atoms with Crippen LogP contribution in [0, 0.1) is 0 Å². The Morgan fingerprint density at radius 3 is 2.89 bits per heavy atom. The third-order valence-electron chi connectivity index (χ3n) is 3.11. The zero-order valence-electron chi connectivity index (χ0n) is 10.5. The summed E-state index contributed by atoms with van der Waals surface area (Å²) in [6.07, 6.45) is 0.603. The predicted molar refractivity (Wildman–Crippen MR) is 73.9 cm³/mol. The maximum absolute atomic E-state index is 12.1. The van der Waals surface area contributed by atoms with E-state index in [2.05, 4.69) is 5.32 Å². The topological polar surface area (TPSA) is 47.6 Å². The van der Waals surface area contributed by atoms with Crippen molar-refractivity contribution in [3.63, 3.8) is 0 Å². The quantitative estimate of drug-likeness (QED) is 0.933. The standard InChI is InChI=1S/C13H15Cl2NO3/c1-18-12-7-19-5-4-11(12)16-13(17)8-2-3-9(14)10(15)6-8/h2-3,6,11-12H,4-5,7H2,1H3,(H,16,17)/t11-,12-/m1/s1. The first kappa shape index (κ1) is 14.6. The van der Waals surface area contributed by atoms with Crippen molar-refractivity contribution in [1.82, 2.24) is 5.32 Å². The summed E-state index contributed by atoms with van der Waals surface area (Å²) in [6.45, 7) is 1.11. The van der Waals surface area contributed by atoms with Gasteiger partial charge in [0.2, 0.25) is 0 Å². The molecule has 6 heteroatoms. The van der Waals surface area contributed by atoms with Crippen LogP contribution in [0.3, 0.4) is 0 Å². The second-order valence-corrected chi connectivity index (χ2v) is 5.16. The summed E-state index contributed by atoms with van der Waals surface area (Å²) in [5, 5.41) is 3.73. The van der Waals surface area contributed by atoms with Crippen LogP contribution in [-0.2, 0) is 9.47 Å². The van der Waals surface area contributed by atoms with Crippen LogP contribution in [0.25, 0.3) is 0 Å². The van der Waals surface area contributed by atoms with E-state index in [-0.39, 0.29) is 18.1 Å². The minimum absolute atomic E-state index is 0.0549. The Morgan fingerprint density at radius 2 is 2.21 bits per heavy atom. The summed E-state index contributed by atoms with van der Waals surface area (Å²) in [4.78, 5) is 12.1. The molecule has 19 heavy (non-hydrogen) atoms. The number of amides is 1. The first-order valence-electron chi connectivity index (χ1n) is 5.98. The molecule has 1 aliphatic heterocycles. The van der Waals surface area contributed by atoms with Gasteiger partial charge in [0.25, 0.3) is 5.91 Å². The van der Waals surface area contributed by atoms with Gasteiger partial charge in [-0.1, -0.05) is 23.2 Å². The number of carbonyl (C=O) groups is 1. The number of carbonyl (C=O) groups excluding carboxylic acids is 1. The Labute approximate surface area is 122 Å². The van der Waals surface area contributed by atoms with Crippen molar-refractivity contribution in [3.8, 4) is 0 Å². The van der Waals surface area contributed by atoms with Gasteiger partial charge in [-0.2, -0.15) is 0 Å². The minimum Gasteiger partial charge on any atom is -0.379 e. The SMILES string of the molecule is CO[C@@H]1COCC[C@H]1NC(=O)c1ccc(Cl)c(Cl)c1. The number of hydrogen-bond donors (Lipinski definition) is 1. The molecule has 0 aliphatic carbocycles. The molecule has 1 N–H and O–H groups in total. The maximum Gasteiger partial charge on any atom is 0.251 e. The fraction of sp³-hybridized carbons (Fsp3) is 0.462. The second kappa shape index (κ2) is 6.57. The molecule has 1 amide bonds. The summed E-state index contributed by atoms with van der Waals surface area (Å²) >= 11 is 11.7. The van der Waals surface area contributed by atoms with Crippen molar-refractivity contribution >= 4 is 29.1 Å². The lowest BCUT2D eigenvalue weighted by molar-refractivity contribution is -0.0479. The molecule has 1 aromatic rings. The Balaban J connectivity index is 2.05. The van der Waals surface area contributed by atoms with Gasteiger partial charge in [-0.05, 0) is 24.6 Å². The molecule has 104 valence electrons. The third kappa shape index (κ3) is 3.60. The predicted octanol–water partition coefficient (Wildman–Crippen LogP) is 2.53. The van der Waals surface area contributed by atoms with Crippen LogP contribution in [0.5, 0.6) is 0 Å². The van der Waals surface area contributed by atoms with E-state index in [9.17, 15) is 4.79 Å². The summed E-state index contributed by atoms with van der Waals surface area (Å²) in [5.41, 5.74) is 0.482. The average Bonchev–Trinajstić information content (AvgIpc) is 2.42. The van der Waals surface area contributed by atoms with Gasteiger partial charge in [-0.3, -0.25) is 4.79 Å². The van der Waals surface area contributed by atoms with E-state index in [4.69, 9.17) is 32.7 Å². The molecular weight excluding hydrogens is 289 g/mol. The van der Waals surface area contributed by atoms with Crippen molar-refractivity contribution in [1.29, 1.82) is 0 Å². The first-order chi connectivity index (χ1) is 9.11.